The highest BCUT2D eigenvalue weighted by Crippen LogP contribution is 2.12. The normalized spacial score (nSPS) is 9.80. The van der Waals surface area contributed by atoms with Gasteiger partial charge in [0.1, 0.15) is 11.9 Å². The van der Waals surface area contributed by atoms with Gasteiger partial charge in [0.25, 0.3) is 0 Å². The maximum absolute atomic E-state index is 8.72. The second kappa shape index (κ2) is 3.89. The number of benzene rings is 1. The first-order chi connectivity index (χ1) is 7.29. The van der Waals surface area contributed by atoms with Gasteiger partial charge in [-0.15, -0.1) is 0 Å². The van der Waals surface area contributed by atoms with E-state index < -0.39 is 0 Å². The van der Waals surface area contributed by atoms with E-state index in [1.165, 1.54) is 5.56 Å². The van der Waals surface area contributed by atoms with Gasteiger partial charge < -0.3 is 10.3 Å². The van der Waals surface area contributed by atoms with Crippen molar-refractivity contribution in [3.05, 3.63) is 53.7 Å². The largest absolute Gasteiger partial charge is 0.385 e. The maximum atomic E-state index is 8.72. The van der Waals surface area contributed by atoms with Crippen LogP contribution >= 0.6 is 0 Å². The van der Waals surface area contributed by atoms with E-state index in [-0.39, 0.29) is 0 Å². The number of nitrogens with two attached hydrogens (primary N) is 1. The Morgan fingerprint density at radius 1 is 1.27 bits per heavy atom. The molecule has 0 saturated carbocycles. The fourth-order valence-electron chi connectivity index (χ4n) is 1.50. The number of rotatable bonds is 2. The summed E-state index contributed by atoms with van der Waals surface area (Å²) in [5.74, 6) is 0.621. The summed E-state index contributed by atoms with van der Waals surface area (Å²) in [6.07, 6.45) is 1.77. The van der Waals surface area contributed by atoms with E-state index in [1.54, 1.807) is 12.3 Å². The molecule has 2 N–H and O–H groups in total. The molecular formula is C12H11N3. The Hall–Kier alpha value is -2.21. The summed E-state index contributed by atoms with van der Waals surface area (Å²) in [4.78, 5) is 0. The van der Waals surface area contributed by atoms with Crippen LogP contribution in [0.25, 0.3) is 0 Å². The molecule has 0 unspecified atom stereocenters. The first-order valence-electron chi connectivity index (χ1n) is 4.69. The zero-order chi connectivity index (χ0) is 10.7. The number of nitrogens with zero attached hydrogens (tertiary/aromatic N) is 2. The Bertz CT molecular complexity index is 491. The SMILES string of the molecule is N#Cc1cc(N)n(Cc2ccccc2)c1. The van der Waals surface area contributed by atoms with E-state index in [0.29, 0.717) is 17.9 Å². The van der Waals surface area contributed by atoms with Crippen molar-refractivity contribution in [2.75, 3.05) is 5.73 Å². The van der Waals surface area contributed by atoms with E-state index in [4.69, 9.17) is 11.0 Å². The smallest absolute Gasteiger partial charge is 0.104 e. The highest BCUT2D eigenvalue weighted by Gasteiger charge is 2.02. The molecule has 0 radical (unpaired) electrons. The highest BCUT2D eigenvalue weighted by molar-refractivity contribution is 5.42. The Balaban J connectivity index is 2.25. The Kier molecular flexibility index (Phi) is 2.42. The number of nitriles is 1. The van der Waals surface area contributed by atoms with E-state index in [0.717, 1.165) is 0 Å². The van der Waals surface area contributed by atoms with Crippen LogP contribution in [0.2, 0.25) is 0 Å². The number of hydrogen-bond acceptors (Lipinski definition) is 2. The predicted molar refractivity (Wildman–Crippen MR) is 59.1 cm³/mol. The minimum absolute atomic E-state index is 0.600. The molecule has 1 aromatic carbocycles. The van der Waals surface area contributed by atoms with Crippen LogP contribution in [-0.4, -0.2) is 4.57 Å². The third-order valence-corrected chi connectivity index (χ3v) is 2.25. The molecule has 3 heteroatoms. The summed E-state index contributed by atoms with van der Waals surface area (Å²) in [6, 6.07) is 13.8. The lowest BCUT2D eigenvalue weighted by atomic mass is 10.2. The van der Waals surface area contributed by atoms with Crippen molar-refractivity contribution in [3.8, 4) is 6.07 Å². The molecule has 1 aromatic heterocycles. The van der Waals surface area contributed by atoms with Gasteiger partial charge in [0.2, 0.25) is 0 Å². The van der Waals surface area contributed by atoms with Gasteiger partial charge in [-0.1, -0.05) is 30.3 Å². The second-order valence-corrected chi connectivity index (χ2v) is 3.38. The summed E-state index contributed by atoms with van der Waals surface area (Å²) in [6.45, 7) is 0.703. The molecule has 0 spiro atoms. The summed E-state index contributed by atoms with van der Waals surface area (Å²) < 4.78 is 1.87. The fourth-order valence-corrected chi connectivity index (χ4v) is 1.50. The molecule has 0 atom stereocenters. The Labute approximate surface area is 88.4 Å². The summed E-state index contributed by atoms with van der Waals surface area (Å²) >= 11 is 0. The molecule has 0 aliphatic rings. The van der Waals surface area contributed by atoms with Gasteiger partial charge in [-0.3, -0.25) is 0 Å². The lowest BCUT2D eigenvalue weighted by Crippen LogP contribution is -2.02. The van der Waals surface area contributed by atoms with E-state index in [9.17, 15) is 0 Å². The van der Waals surface area contributed by atoms with Crippen LogP contribution in [-0.2, 0) is 6.54 Å². The molecule has 1 heterocycles. The van der Waals surface area contributed by atoms with Crippen LogP contribution in [0.5, 0.6) is 0 Å². The second-order valence-electron chi connectivity index (χ2n) is 3.38. The van der Waals surface area contributed by atoms with Crippen LogP contribution < -0.4 is 5.73 Å². The number of nitrogen functional groups attached to an aromatic ring is 1. The molecule has 2 rings (SSSR count). The van der Waals surface area contributed by atoms with Crippen molar-refractivity contribution >= 4 is 5.82 Å². The lowest BCUT2D eigenvalue weighted by molar-refractivity contribution is 0.817. The molecule has 2 aromatic rings. The molecule has 15 heavy (non-hydrogen) atoms. The van der Waals surface area contributed by atoms with Gasteiger partial charge in [-0.25, -0.2) is 0 Å². The quantitative estimate of drug-likeness (QED) is 0.800. The molecule has 0 aliphatic heterocycles. The number of anilines is 1. The zero-order valence-corrected chi connectivity index (χ0v) is 8.22. The molecule has 74 valence electrons. The van der Waals surface area contributed by atoms with E-state index in [2.05, 4.69) is 6.07 Å². The van der Waals surface area contributed by atoms with Gasteiger partial charge >= 0.3 is 0 Å². The molecule has 0 aliphatic carbocycles. The molecule has 3 nitrogen and oxygen atoms in total. The third-order valence-electron chi connectivity index (χ3n) is 2.25. The Morgan fingerprint density at radius 3 is 2.60 bits per heavy atom. The van der Waals surface area contributed by atoms with Crippen LogP contribution in [0.1, 0.15) is 11.1 Å². The van der Waals surface area contributed by atoms with Gasteiger partial charge in [-0.2, -0.15) is 5.26 Å². The average Bonchev–Trinajstić information content (AvgIpc) is 2.61. The molecule has 0 amide bonds. The van der Waals surface area contributed by atoms with E-state index >= 15 is 0 Å². The minimum Gasteiger partial charge on any atom is -0.385 e. The number of aromatic nitrogens is 1. The first kappa shape index (κ1) is 9.35. The van der Waals surface area contributed by atoms with Crippen molar-refractivity contribution in [1.82, 2.24) is 4.57 Å². The van der Waals surface area contributed by atoms with Gasteiger partial charge in [0.15, 0.2) is 0 Å². The lowest BCUT2D eigenvalue weighted by Gasteiger charge is -2.04. The van der Waals surface area contributed by atoms with Crippen molar-refractivity contribution in [2.45, 2.75) is 6.54 Å². The molecule has 0 bridgehead atoms. The van der Waals surface area contributed by atoms with Crippen LogP contribution in [0.3, 0.4) is 0 Å². The zero-order valence-electron chi connectivity index (χ0n) is 8.22. The van der Waals surface area contributed by atoms with Crippen molar-refractivity contribution in [2.24, 2.45) is 0 Å². The topological polar surface area (TPSA) is 54.7 Å². The van der Waals surface area contributed by atoms with Crippen LogP contribution in [0.15, 0.2) is 42.6 Å². The van der Waals surface area contributed by atoms with Gasteiger partial charge in [-0.05, 0) is 11.6 Å². The monoisotopic (exact) mass is 197 g/mol. The van der Waals surface area contributed by atoms with Crippen LogP contribution in [0.4, 0.5) is 5.82 Å². The summed E-state index contributed by atoms with van der Waals surface area (Å²) in [7, 11) is 0. The van der Waals surface area contributed by atoms with E-state index in [1.807, 2.05) is 34.9 Å². The maximum Gasteiger partial charge on any atom is 0.104 e. The minimum atomic E-state index is 0.600. The summed E-state index contributed by atoms with van der Waals surface area (Å²) in [5, 5.41) is 8.72. The van der Waals surface area contributed by atoms with Crippen molar-refractivity contribution in [1.29, 1.82) is 5.26 Å². The Morgan fingerprint density at radius 2 is 2.00 bits per heavy atom. The number of hydrogen-bond donors (Lipinski definition) is 1. The first-order valence-corrected chi connectivity index (χ1v) is 4.69. The molecule has 0 fully saturated rings. The summed E-state index contributed by atoms with van der Waals surface area (Å²) in [5.41, 5.74) is 7.55. The molecular weight excluding hydrogens is 186 g/mol. The van der Waals surface area contributed by atoms with Crippen LogP contribution in [0, 0.1) is 11.3 Å². The predicted octanol–water partition coefficient (Wildman–Crippen LogP) is 1.99. The third kappa shape index (κ3) is 2.00. The average molecular weight is 197 g/mol. The standard InChI is InChI=1S/C12H11N3/c13-7-11-6-12(14)15(9-11)8-10-4-2-1-3-5-10/h1-6,9H,8,14H2. The van der Waals surface area contributed by atoms with Crippen molar-refractivity contribution < 1.29 is 0 Å². The molecule has 0 saturated heterocycles. The van der Waals surface area contributed by atoms with Gasteiger partial charge in [0.05, 0.1) is 5.56 Å². The van der Waals surface area contributed by atoms with Gasteiger partial charge in [0, 0.05) is 12.7 Å². The highest BCUT2D eigenvalue weighted by atomic mass is 15.0. The van der Waals surface area contributed by atoms with Crippen molar-refractivity contribution in [3.63, 3.8) is 0 Å². The fraction of sp³-hybridized carbons (Fsp3) is 0.0833.